The van der Waals surface area contributed by atoms with Gasteiger partial charge in [0.05, 0.1) is 5.69 Å². The second-order valence-corrected chi connectivity index (χ2v) is 8.92. The highest BCUT2D eigenvalue weighted by Crippen LogP contribution is 2.34. The molecule has 4 rings (SSSR count). The Bertz CT molecular complexity index is 1100. The van der Waals surface area contributed by atoms with Crippen molar-refractivity contribution in [2.75, 3.05) is 13.1 Å². The molecule has 0 unspecified atom stereocenters. The smallest absolute Gasteiger partial charge is 0.337 e. The largest absolute Gasteiger partial charge is 0.433 e. The molecule has 0 spiro atoms. The van der Waals surface area contributed by atoms with E-state index in [4.69, 9.17) is 0 Å². The Kier molecular flexibility index (Phi) is 5.23. The van der Waals surface area contributed by atoms with Crippen LogP contribution in [0.15, 0.2) is 36.5 Å². The summed E-state index contributed by atoms with van der Waals surface area (Å²) in [5.41, 5.74) is 0.109. The number of carbonyl (C=O) groups excluding carboxylic acids is 1. The van der Waals surface area contributed by atoms with Crippen molar-refractivity contribution in [3.8, 4) is 0 Å². The van der Waals surface area contributed by atoms with Gasteiger partial charge in [-0.05, 0) is 31.0 Å². The standard InChI is InChI=1S/C22H24F3N5O/c1-21(2,3)17-12-19-27-16(11-18(22(23,24)25)30(19)28-17)14-7-6-10-29(13-14)20(31)15-8-4-5-9-26-15/h4-5,8-9,11-12,14H,6-7,10,13H2,1-3H3/t14-/m0/s1. The number of piperidine rings is 1. The van der Waals surface area contributed by atoms with E-state index in [0.717, 1.165) is 10.6 Å². The van der Waals surface area contributed by atoms with E-state index in [0.29, 0.717) is 43.0 Å². The van der Waals surface area contributed by atoms with Crippen LogP contribution >= 0.6 is 0 Å². The first-order chi connectivity index (χ1) is 14.5. The molecule has 0 aromatic carbocycles. The van der Waals surface area contributed by atoms with Crippen molar-refractivity contribution in [2.45, 2.75) is 51.1 Å². The summed E-state index contributed by atoms with van der Waals surface area (Å²) in [6.07, 6.45) is -1.68. The van der Waals surface area contributed by atoms with Gasteiger partial charge in [0, 0.05) is 42.4 Å². The van der Waals surface area contributed by atoms with Crippen LogP contribution in [0.4, 0.5) is 13.2 Å². The molecule has 1 aliphatic rings. The monoisotopic (exact) mass is 431 g/mol. The van der Waals surface area contributed by atoms with Gasteiger partial charge in [-0.1, -0.05) is 26.8 Å². The molecule has 0 aliphatic carbocycles. The molecule has 9 heteroatoms. The maximum atomic E-state index is 13.8. The lowest BCUT2D eigenvalue weighted by Crippen LogP contribution is -2.39. The summed E-state index contributed by atoms with van der Waals surface area (Å²) in [4.78, 5) is 23.0. The second-order valence-electron chi connectivity index (χ2n) is 8.92. The van der Waals surface area contributed by atoms with E-state index in [1.165, 1.54) is 0 Å². The quantitative estimate of drug-likeness (QED) is 0.601. The van der Waals surface area contributed by atoms with E-state index in [-0.39, 0.29) is 17.5 Å². The summed E-state index contributed by atoms with van der Waals surface area (Å²) in [7, 11) is 0. The van der Waals surface area contributed by atoms with Gasteiger partial charge >= 0.3 is 6.18 Å². The average Bonchev–Trinajstić information content (AvgIpc) is 3.17. The lowest BCUT2D eigenvalue weighted by Gasteiger charge is -2.32. The van der Waals surface area contributed by atoms with Gasteiger partial charge in [-0.25, -0.2) is 9.50 Å². The molecule has 1 aliphatic heterocycles. The van der Waals surface area contributed by atoms with Crippen molar-refractivity contribution in [1.82, 2.24) is 24.5 Å². The molecule has 3 aromatic heterocycles. The van der Waals surface area contributed by atoms with Gasteiger partial charge in [-0.2, -0.15) is 18.3 Å². The summed E-state index contributed by atoms with van der Waals surface area (Å²) >= 11 is 0. The van der Waals surface area contributed by atoms with Crippen molar-refractivity contribution in [3.63, 3.8) is 0 Å². The number of nitrogens with zero attached hydrogens (tertiary/aromatic N) is 5. The number of aromatic nitrogens is 4. The molecular weight excluding hydrogens is 407 g/mol. The Morgan fingerprint density at radius 3 is 2.58 bits per heavy atom. The number of hydrogen-bond donors (Lipinski definition) is 0. The molecule has 0 bridgehead atoms. The fourth-order valence-corrected chi connectivity index (χ4v) is 3.83. The minimum atomic E-state index is -4.57. The van der Waals surface area contributed by atoms with Crippen LogP contribution < -0.4 is 0 Å². The van der Waals surface area contributed by atoms with E-state index in [1.807, 2.05) is 20.8 Å². The third kappa shape index (κ3) is 4.26. The second kappa shape index (κ2) is 7.62. The number of alkyl halides is 3. The van der Waals surface area contributed by atoms with Gasteiger partial charge in [-0.15, -0.1) is 0 Å². The minimum Gasteiger partial charge on any atom is -0.337 e. The third-order valence-corrected chi connectivity index (χ3v) is 5.52. The van der Waals surface area contributed by atoms with Gasteiger partial charge < -0.3 is 4.90 Å². The van der Waals surface area contributed by atoms with Gasteiger partial charge in [0.1, 0.15) is 11.4 Å². The number of carbonyl (C=O) groups is 1. The summed E-state index contributed by atoms with van der Waals surface area (Å²) in [6.45, 7) is 6.53. The zero-order chi connectivity index (χ0) is 22.4. The summed E-state index contributed by atoms with van der Waals surface area (Å²) in [5, 5.41) is 4.18. The van der Waals surface area contributed by atoms with Crippen LogP contribution in [0.2, 0.25) is 0 Å². The predicted octanol–water partition coefficient (Wildman–Crippen LogP) is 4.46. The molecule has 1 atom stereocenters. The molecule has 164 valence electrons. The molecule has 3 aromatic rings. The third-order valence-electron chi connectivity index (χ3n) is 5.52. The number of halogens is 3. The van der Waals surface area contributed by atoms with Crippen LogP contribution in [0.3, 0.4) is 0 Å². The van der Waals surface area contributed by atoms with Crippen molar-refractivity contribution in [1.29, 1.82) is 0 Å². The average molecular weight is 431 g/mol. The number of fused-ring (bicyclic) bond motifs is 1. The maximum absolute atomic E-state index is 13.8. The van der Waals surface area contributed by atoms with Crippen LogP contribution in [-0.2, 0) is 11.6 Å². The molecule has 4 heterocycles. The summed E-state index contributed by atoms with van der Waals surface area (Å²) < 4.78 is 42.4. The lowest BCUT2D eigenvalue weighted by molar-refractivity contribution is -0.142. The van der Waals surface area contributed by atoms with Crippen LogP contribution in [0, 0.1) is 0 Å². The van der Waals surface area contributed by atoms with Gasteiger partial charge in [0.2, 0.25) is 0 Å². The SMILES string of the molecule is CC(C)(C)c1cc2nc([C@H]3CCCN(C(=O)c4ccccn4)C3)cc(C(F)(F)F)n2n1. The number of pyridine rings is 1. The summed E-state index contributed by atoms with van der Waals surface area (Å²) in [6, 6.07) is 7.78. The first kappa shape index (κ1) is 21.3. The zero-order valence-electron chi connectivity index (χ0n) is 17.6. The van der Waals surface area contributed by atoms with Crippen molar-refractivity contribution < 1.29 is 18.0 Å². The Hall–Kier alpha value is -2.97. The molecule has 0 radical (unpaired) electrons. The first-order valence-corrected chi connectivity index (χ1v) is 10.2. The van der Waals surface area contributed by atoms with E-state index in [2.05, 4.69) is 15.1 Å². The highest BCUT2D eigenvalue weighted by atomic mass is 19.4. The van der Waals surface area contributed by atoms with Crippen molar-refractivity contribution >= 4 is 11.6 Å². The number of amides is 1. The fraction of sp³-hybridized carbons (Fsp3) is 0.455. The highest BCUT2D eigenvalue weighted by Gasteiger charge is 2.37. The molecule has 1 fully saturated rings. The van der Waals surface area contributed by atoms with Gasteiger partial charge in [0.15, 0.2) is 5.65 Å². The highest BCUT2D eigenvalue weighted by molar-refractivity contribution is 5.92. The van der Waals surface area contributed by atoms with E-state index >= 15 is 0 Å². The molecule has 6 nitrogen and oxygen atoms in total. The molecule has 0 N–H and O–H groups in total. The number of hydrogen-bond acceptors (Lipinski definition) is 4. The Morgan fingerprint density at radius 2 is 1.94 bits per heavy atom. The Balaban J connectivity index is 1.71. The molecular formula is C22H24F3N5O. The van der Waals surface area contributed by atoms with E-state index < -0.39 is 17.3 Å². The van der Waals surface area contributed by atoms with Gasteiger partial charge in [0.25, 0.3) is 5.91 Å². The van der Waals surface area contributed by atoms with Crippen molar-refractivity contribution in [2.24, 2.45) is 0 Å². The van der Waals surface area contributed by atoms with E-state index in [9.17, 15) is 18.0 Å². The number of rotatable bonds is 2. The maximum Gasteiger partial charge on any atom is 0.433 e. The van der Waals surface area contributed by atoms with Crippen LogP contribution in [0.25, 0.3) is 5.65 Å². The Labute approximate surface area is 178 Å². The van der Waals surface area contributed by atoms with Crippen LogP contribution in [0.1, 0.15) is 67.1 Å². The normalized spacial score (nSPS) is 17.9. The minimum absolute atomic E-state index is 0.169. The zero-order valence-corrected chi connectivity index (χ0v) is 17.6. The topological polar surface area (TPSA) is 63.4 Å². The molecule has 31 heavy (non-hydrogen) atoms. The number of likely N-dealkylation sites (tertiary alicyclic amines) is 1. The van der Waals surface area contributed by atoms with Crippen molar-refractivity contribution in [3.05, 3.63) is 59.3 Å². The molecule has 1 amide bonds. The van der Waals surface area contributed by atoms with Gasteiger partial charge in [-0.3, -0.25) is 9.78 Å². The molecule has 1 saturated heterocycles. The van der Waals surface area contributed by atoms with Crippen LogP contribution in [-0.4, -0.2) is 43.5 Å². The first-order valence-electron chi connectivity index (χ1n) is 10.2. The fourth-order valence-electron chi connectivity index (χ4n) is 3.83. The lowest BCUT2D eigenvalue weighted by atomic mass is 9.92. The van der Waals surface area contributed by atoms with Crippen LogP contribution in [0.5, 0.6) is 0 Å². The molecule has 0 saturated carbocycles. The predicted molar refractivity (Wildman–Crippen MR) is 109 cm³/mol. The Morgan fingerprint density at radius 1 is 1.16 bits per heavy atom. The summed E-state index contributed by atoms with van der Waals surface area (Å²) in [5.74, 6) is -0.512. The van der Waals surface area contributed by atoms with E-state index in [1.54, 1.807) is 35.4 Å².